The van der Waals surface area contributed by atoms with Crippen molar-refractivity contribution in [3.05, 3.63) is 42.0 Å². The van der Waals surface area contributed by atoms with Gasteiger partial charge in [0.15, 0.2) is 5.78 Å². The van der Waals surface area contributed by atoms with Gasteiger partial charge in [-0.2, -0.15) is 0 Å². The summed E-state index contributed by atoms with van der Waals surface area (Å²) in [5.74, 6) is 1.05. The van der Waals surface area contributed by atoms with Crippen LogP contribution in [0, 0.1) is 6.92 Å². The normalized spacial score (nSPS) is 10.1. The average molecular weight is 246 g/mol. The molecule has 0 saturated heterocycles. The van der Waals surface area contributed by atoms with E-state index in [1.807, 2.05) is 31.2 Å². The molecule has 0 bridgehead atoms. The number of carbonyl (C=O) groups is 1. The lowest BCUT2D eigenvalue weighted by Crippen LogP contribution is -2.00. The zero-order valence-corrected chi connectivity index (χ0v) is 11.4. The first-order chi connectivity index (χ1) is 8.69. The molecule has 98 valence electrons. The lowest BCUT2D eigenvalue weighted by atomic mass is 10.0. The maximum Gasteiger partial charge on any atom is 0.162 e. The van der Waals surface area contributed by atoms with E-state index in [9.17, 15) is 4.79 Å². The third-order valence-corrected chi connectivity index (χ3v) is 3.03. The van der Waals surface area contributed by atoms with E-state index in [1.54, 1.807) is 7.11 Å². The van der Waals surface area contributed by atoms with Crippen LogP contribution in [0.5, 0.6) is 5.75 Å². The minimum atomic E-state index is 0.222. The van der Waals surface area contributed by atoms with Crippen LogP contribution in [0.15, 0.2) is 30.9 Å². The molecule has 2 heteroatoms. The monoisotopic (exact) mass is 246 g/mol. The van der Waals surface area contributed by atoms with Gasteiger partial charge in [-0.1, -0.05) is 12.5 Å². The molecule has 0 fully saturated rings. The van der Waals surface area contributed by atoms with Gasteiger partial charge >= 0.3 is 0 Å². The number of benzene rings is 1. The van der Waals surface area contributed by atoms with E-state index in [-0.39, 0.29) is 5.78 Å². The molecule has 18 heavy (non-hydrogen) atoms. The molecule has 0 spiro atoms. The second kappa shape index (κ2) is 7.70. The van der Waals surface area contributed by atoms with Crippen LogP contribution >= 0.6 is 0 Å². The lowest BCUT2D eigenvalue weighted by molar-refractivity contribution is 0.0979. The largest absolute Gasteiger partial charge is 0.496 e. The van der Waals surface area contributed by atoms with Crippen molar-refractivity contribution in [1.29, 1.82) is 0 Å². The van der Waals surface area contributed by atoms with Gasteiger partial charge in [0, 0.05) is 12.0 Å². The number of aryl methyl sites for hydroxylation is 1. The summed E-state index contributed by atoms with van der Waals surface area (Å²) in [7, 11) is 1.64. The van der Waals surface area contributed by atoms with Crippen LogP contribution in [0.25, 0.3) is 0 Å². The molecule has 0 unspecified atom stereocenters. The van der Waals surface area contributed by atoms with E-state index in [1.165, 1.54) is 0 Å². The zero-order valence-electron chi connectivity index (χ0n) is 11.4. The van der Waals surface area contributed by atoms with Crippen molar-refractivity contribution < 1.29 is 9.53 Å². The molecule has 1 aromatic carbocycles. The number of methoxy groups -OCH3 is 1. The molecule has 0 aliphatic heterocycles. The fraction of sp³-hybridized carbons (Fsp3) is 0.438. The Morgan fingerprint density at radius 3 is 2.72 bits per heavy atom. The molecule has 2 nitrogen and oxygen atoms in total. The minimum absolute atomic E-state index is 0.222. The van der Waals surface area contributed by atoms with Crippen molar-refractivity contribution in [2.75, 3.05) is 7.11 Å². The highest BCUT2D eigenvalue weighted by molar-refractivity contribution is 5.96. The Kier molecular flexibility index (Phi) is 6.20. The fourth-order valence-corrected chi connectivity index (χ4v) is 1.95. The predicted molar refractivity (Wildman–Crippen MR) is 75.3 cm³/mol. The van der Waals surface area contributed by atoms with Crippen molar-refractivity contribution in [2.45, 2.75) is 39.0 Å². The first-order valence-corrected chi connectivity index (χ1v) is 6.47. The van der Waals surface area contributed by atoms with Crippen LogP contribution < -0.4 is 4.74 Å². The molecule has 0 amide bonds. The number of ether oxygens (including phenoxy) is 1. The number of carbonyl (C=O) groups excluding carboxylic acids is 1. The molecule has 0 atom stereocenters. The average Bonchev–Trinajstić information content (AvgIpc) is 2.38. The molecule has 0 N–H and O–H groups in total. The van der Waals surface area contributed by atoms with Gasteiger partial charge in [-0.25, -0.2) is 0 Å². The molecule has 0 saturated carbocycles. The van der Waals surface area contributed by atoms with Crippen LogP contribution in [-0.2, 0) is 0 Å². The van der Waals surface area contributed by atoms with E-state index in [0.29, 0.717) is 6.42 Å². The van der Waals surface area contributed by atoms with Gasteiger partial charge in [0.05, 0.1) is 7.11 Å². The summed E-state index contributed by atoms with van der Waals surface area (Å²) in [5, 5.41) is 0. The molecule has 1 aromatic rings. The molecule has 0 radical (unpaired) electrons. The minimum Gasteiger partial charge on any atom is -0.496 e. The van der Waals surface area contributed by atoms with Gasteiger partial charge in [-0.3, -0.25) is 4.79 Å². The highest BCUT2D eigenvalue weighted by atomic mass is 16.5. The smallest absolute Gasteiger partial charge is 0.162 e. The molecule has 1 rings (SSSR count). The standard InChI is InChI=1S/C16H22O2/c1-4-5-6-7-8-9-15(17)14-10-11-16(18-3)13(2)12-14/h4,10-12H,1,5-9H2,2-3H3. The van der Waals surface area contributed by atoms with Gasteiger partial charge in [-0.05, 0) is 49.9 Å². The summed E-state index contributed by atoms with van der Waals surface area (Å²) >= 11 is 0. The Hall–Kier alpha value is -1.57. The van der Waals surface area contributed by atoms with E-state index >= 15 is 0 Å². The molecule has 0 aliphatic carbocycles. The van der Waals surface area contributed by atoms with Gasteiger partial charge in [0.1, 0.15) is 5.75 Å². The topological polar surface area (TPSA) is 26.3 Å². The summed E-state index contributed by atoms with van der Waals surface area (Å²) in [6, 6.07) is 5.61. The lowest BCUT2D eigenvalue weighted by Gasteiger charge is -2.06. The van der Waals surface area contributed by atoms with E-state index < -0.39 is 0 Å². The van der Waals surface area contributed by atoms with E-state index in [4.69, 9.17) is 4.74 Å². The number of allylic oxidation sites excluding steroid dienone is 1. The Morgan fingerprint density at radius 2 is 2.11 bits per heavy atom. The van der Waals surface area contributed by atoms with Gasteiger partial charge in [0.25, 0.3) is 0 Å². The first-order valence-electron chi connectivity index (χ1n) is 6.47. The fourth-order valence-electron chi connectivity index (χ4n) is 1.95. The third-order valence-electron chi connectivity index (χ3n) is 3.03. The summed E-state index contributed by atoms with van der Waals surface area (Å²) in [6.07, 6.45) is 6.76. The van der Waals surface area contributed by atoms with Gasteiger partial charge in [-0.15, -0.1) is 6.58 Å². The SMILES string of the molecule is C=CCCCCCC(=O)c1ccc(OC)c(C)c1. The van der Waals surface area contributed by atoms with Crippen LogP contribution in [0.4, 0.5) is 0 Å². The highest BCUT2D eigenvalue weighted by Gasteiger charge is 2.07. The number of hydrogen-bond acceptors (Lipinski definition) is 2. The van der Waals surface area contributed by atoms with Crippen molar-refractivity contribution in [2.24, 2.45) is 0 Å². The number of Topliss-reactive ketones (excluding diaryl/α,β-unsaturated/α-hetero) is 1. The zero-order chi connectivity index (χ0) is 13.4. The maximum absolute atomic E-state index is 12.0. The van der Waals surface area contributed by atoms with Crippen LogP contribution in [0.1, 0.15) is 48.0 Å². The number of hydrogen-bond donors (Lipinski definition) is 0. The van der Waals surface area contributed by atoms with Gasteiger partial charge in [0.2, 0.25) is 0 Å². The summed E-state index contributed by atoms with van der Waals surface area (Å²) in [5.41, 5.74) is 1.80. The summed E-state index contributed by atoms with van der Waals surface area (Å²) < 4.78 is 5.18. The van der Waals surface area contributed by atoms with E-state index in [0.717, 1.165) is 42.6 Å². The quantitative estimate of drug-likeness (QED) is 0.388. The van der Waals surface area contributed by atoms with Crippen molar-refractivity contribution in [3.8, 4) is 5.75 Å². The van der Waals surface area contributed by atoms with Crippen molar-refractivity contribution >= 4 is 5.78 Å². The molecular weight excluding hydrogens is 224 g/mol. The number of ketones is 1. The van der Waals surface area contributed by atoms with Crippen molar-refractivity contribution in [3.63, 3.8) is 0 Å². The molecule has 0 heterocycles. The van der Waals surface area contributed by atoms with E-state index in [2.05, 4.69) is 6.58 Å². The van der Waals surface area contributed by atoms with Crippen LogP contribution in [0.3, 0.4) is 0 Å². The van der Waals surface area contributed by atoms with Crippen LogP contribution in [0.2, 0.25) is 0 Å². The second-order valence-corrected chi connectivity index (χ2v) is 4.50. The Balaban J connectivity index is 2.46. The highest BCUT2D eigenvalue weighted by Crippen LogP contribution is 2.20. The Labute approximate surface area is 110 Å². The summed E-state index contributed by atoms with van der Waals surface area (Å²) in [6.45, 7) is 5.65. The first kappa shape index (κ1) is 14.5. The number of unbranched alkanes of at least 4 members (excludes halogenated alkanes) is 3. The van der Waals surface area contributed by atoms with Crippen molar-refractivity contribution in [1.82, 2.24) is 0 Å². The number of rotatable bonds is 8. The molecule has 0 aromatic heterocycles. The van der Waals surface area contributed by atoms with Gasteiger partial charge < -0.3 is 4.74 Å². The Bertz CT molecular complexity index is 408. The second-order valence-electron chi connectivity index (χ2n) is 4.50. The summed E-state index contributed by atoms with van der Waals surface area (Å²) in [4.78, 5) is 12.0. The predicted octanol–water partition coefficient (Wildman–Crippen LogP) is 4.32. The third kappa shape index (κ3) is 4.36. The van der Waals surface area contributed by atoms with Crippen LogP contribution in [-0.4, -0.2) is 12.9 Å². The Morgan fingerprint density at radius 1 is 1.33 bits per heavy atom. The molecular formula is C16H22O2. The maximum atomic E-state index is 12.0. The molecule has 0 aliphatic rings.